The third-order valence-electron chi connectivity index (χ3n) is 6.94. The number of nitro groups is 1. The van der Waals surface area contributed by atoms with Crippen molar-refractivity contribution in [3.05, 3.63) is 123 Å². The van der Waals surface area contributed by atoms with Crippen molar-refractivity contribution < 1.29 is 28.7 Å². The number of halogens is 1. The Bertz CT molecular complexity index is 1980. The molecule has 11 nitrogen and oxygen atoms in total. The lowest BCUT2D eigenvalue weighted by atomic mass is 9.95. The summed E-state index contributed by atoms with van der Waals surface area (Å²) in [5.41, 5.74) is 2.16. The summed E-state index contributed by atoms with van der Waals surface area (Å²) in [7, 11) is 4.27. The van der Waals surface area contributed by atoms with Gasteiger partial charge in [0.25, 0.3) is 11.2 Å². The van der Waals surface area contributed by atoms with Crippen molar-refractivity contribution in [3.63, 3.8) is 0 Å². The fourth-order valence-electron chi connectivity index (χ4n) is 4.83. The summed E-state index contributed by atoms with van der Waals surface area (Å²) in [6.07, 6.45) is 1.70. The summed E-state index contributed by atoms with van der Waals surface area (Å²) in [4.78, 5) is 42.3. The van der Waals surface area contributed by atoms with E-state index in [1.165, 1.54) is 49.4 Å². The number of hydrogen-bond acceptors (Lipinski definition) is 10. The average molecular weight is 636 g/mol. The summed E-state index contributed by atoms with van der Waals surface area (Å²) < 4.78 is 23.9. The van der Waals surface area contributed by atoms with E-state index < -0.39 is 16.9 Å². The molecule has 226 valence electrons. The van der Waals surface area contributed by atoms with Crippen molar-refractivity contribution >= 4 is 40.7 Å². The number of nitrogens with zero attached hydrogens (tertiary/aromatic N) is 3. The first-order valence-electron chi connectivity index (χ1n) is 13.1. The van der Waals surface area contributed by atoms with Gasteiger partial charge in [0.1, 0.15) is 18.4 Å². The first-order chi connectivity index (χ1) is 21.1. The first-order valence-corrected chi connectivity index (χ1v) is 14.3. The van der Waals surface area contributed by atoms with Crippen LogP contribution in [0.5, 0.6) is 17.2 Å². The molecule has 1 atom stereocenters. The number of hydrogen-bond donors (Lipinski definition) is 0. The molecule has 0 amide bonds. The average Bonchev–Trinajstić information content (AvgIpc) is 3.32. The highest BCUT2D eigenvalue weighted by atomic mass is 35.5. The maximum atomic E-state index is 13.9. The number of nitro benzene ring substituents is 1. The molecular formula is C31H26ClN3O8S. The van der Waals surface area contributed by atoms with Crippen LogP contribution >= 0.6 is 22.9 Å². The SMILES string of the molecule is COC(=O)C1=C(C)N=c2s/c(=C\c3ccc(OCc4ccc([N+](=O)[O-])cc4)c(OC)c3)c(=O)n2[C@H]1c1cc(Cl)ccc1OC. The number of benzene rings is 3. The van der Waals surface area contributed by atoms with Gasteiger partial charge in [0.2, 0.25) is 0 Å². The van der Waals surface area contributed by atoms with Gasteiger partial charge in [0, 0.05) is 22.7 Å². The molecule has 0 aliphatic carbocycles. The number of rotatable bonds is 9. The van der Waals surface area contributed by atoms with Gasteiger partial charge in [-0.05, 0) is 66.6 Å². The third kappa shape index (κ3) is 5.94. The van der Waals surface area contributed by atoms with Crippen molar-refractivity contribution in [1.82, 2.24) is 4.57 Å². The van der Waals surface area contributed by atoms with Crippen LogP contribution in [-0.2, 0) is 16.1 Å². The predicted octanol–water partition coefficient (Wildman–Crippen LogP) is 4.57. The van der Waals surface area contributed by atoms with Crippen LogP contribution in [-0.4, -0.2) is 36.8 Å². The zero-order chi connectivity index (χ0) is 31.5. The summed E-state index contributed by atoms with van der Waals surface area (Å²) in [5.74, 6) is 0.704. The Morgan fingerprint density at radius 1 is 1.05 bits per heavy atom. The molecule has 0 unspecified atom stereocenters. The number of non-ortho nitro benzene ring substituents is 1. The highest BCUT2D eigenvalue weighted by Gasteiger charge is 2.35. The van der Waals surface area contributed by atoms with Crippen molar-refractivity contribution in [3.8, 4) is 17.2 Å². The van der Waals surface area contributed by atoms with Gasteiger partial charge in [-0.1, -0.05) is 29.0 Å². The highest BCUT2D eigenvalue weighted by Crippen LogP contribution is 2.37. The van der Waals surface area contributed by atoms with Gasteiger partial charge in [-0.2, -0.15) is 0 Å². The zero-order valence-corrected chi connectivity index (χ0v) is 25.6. The monoisotopic (exact) mass is 635 g/mol. The number of thiazole rings is 1. The van der Waals surface area contributed by atoms with Crippen molar-refractivity contribution in [2.24, 2.45) is 4.99 Å². The Kier molecular flexibility index (Phi) is 8.83. The fraction of sp³-hybridized carbons (Fsp3) is 0.194. The number of fused-ring (bicyclic) bond motifs is 1. The Morgan fingerprint density at radius 3 is 2.41 bits per heavy atom. The molecule has 4 aromatic rings. The van der Waals surface area contributed by atoms with Gasteiger partial charge < -0.3 is 18.9 Å². The van der Waals surface area contributed by atoms with Gasteiger partial charge in [-0.15, -0.1) is 0 Å². The molecule has 2 heterocycles. The van der Waals surface area contributed by atoms with Crippen LogP contribution in [0.4, 0.5) is 5.69 Å². The maximum absolute atomic E-state index is 13.9. The number of carbonyl (C=O) groups excluding carboxylic acids is 1. The first kappa shape index (κ1) is 30.5. The molecule has 44 heavy (non-hydrogen) atoms. The lowest BCUT2D eigenvalue weighted by molar-refractivity contribution is -0.384. The van der Waals surface area contributed by atoms with Crippen LogP contribution < -0.4 is 29.1 Å². The van der Waals surface area contributed by atoms with Gasteiger partial charge in [-0.3, -0.25) is 19.5 Å². The molecule has 1 aliphatic rings. The zero-order valence-electron chi connectivity index (χ0n) is 24.0. The maximum Gasteiger partial charge on any atom is 0.338 e. The van der Waals surface area contributed by atoms with Crippen LogP contribution in [0, 0.1) is 10.1 Å². The number of methoxy groups -OCH3 is 3. The van der Waals surface area contributed by atoms with Gasteiger partial charge in [-0.25, -0.2) is 9.79 Å². The van der Waals surface area contributed by atoms with E-state index in [4.69, 9.17) is 30.5 Å². The minimum absolute atomic E-state index is 0.00401. The molecule has 0 radical (unpaired) electrons. The number of aromatic nitrogens is 1. The standard InChI is InChI=1S/C31H26ClN3O8S/c1-17-27(30(37)42-4)28(22-15-20(32)8-12-23(22)40-2)34-29(36)26(44-31(34)33-17)14-19-7-11-24(25(13-19)41-3)43-16-18-5-9-21(10-6-18)35(38)39/h5-15,28H,16H2,1-4H3/b26-14-/t28-/m0/s1. The van der Waals surface area contributed by atoms with Crippen LogP contribution in [0.15, 0.2) is 81.7 Å². The molecular weight excluding hydrogens is 610 g/mol. The third-order valence-corrected chi connectivity index (χ3v) is 8.16. The molecule has 3 aromatic carbocycles. The van der Waals surface area contributed by atoms with E-state index in [0.29, 0.717) is 48.4 Å². The molecule has 1 aliphatic heterocycles. The van der Waals surface area contributed by atoms with E-state index in [2.05, 4.69) is 4.99 Å². The smallest absolute Gasteiger partial charge is 0.338 e. The number of carbonyl (C=O) groups is 1. The second-order valence-corrected chi connectivity index (χ2v) is 11.0. The fourth-order valence-corrected chi connectivity index (χ4v) is 6.05. The molecule has 0 saturated heterocycles. The number of ether oxygens (including phenoxy) is 4. The molecule has 0 fully saturated rings. The van der Waals surface area contributed by atoms with Crippen molar-refractivity contribution in [2.45, 2.75) is 19.6 Å². The predicted molar refractivity (Wildman–Crippen MR) is 164 cm³/mol. The molecule has 5 rings (SSSR count). The number of allylic oxidation sites excluding steroid dienone is 1. The molecule has 13 heteroatoms. The van der Waals surface area contributed by atoms with Gasteiger partial charge in [0.05, 0.1) is 42.1 Å². The lowest BCUT2D eigenvalue weighted by Gasteiger charge is -2.25. The lowest BCUT2D eigenvalue weighted by Crippen LogP contribution is -2.40. The topological polar surface area (TPSA) is 131 Å². The van der Waals surface area contributed by atoms with E-state index in [1.807, 2.05) is 0 Å². The summed E-state index contributed by atoms with van der Waals surface area (Å²) in [5, 5.41) is 11.3. The van der Waals surface area contributed by atoms with E-state index >= 15 is 0 Å². The Hall–Kier alpha value is -4.94. The molecule has 0 spiro atoms. The van der Waals surface area contributed by atoms with Gasteiger partial charge >= 0.3 is 5.97 Å². The Morgan fingerprint density at radius 2 is 1.75 bits per heavy atom. The quantitative estimate of drug-likeness (QED) is 0.149. The molecule has 1 aromatic heterocycles. The van der Waals surface area contributed by atoms with Crippen LogP contribution in [0.1, 0.15) is 29.7 Å². The van der Waals surface area contributed by atoms with Crippen molar-refractivity contribution in [1.29, 1.82) is 0 Å². The summed E-state index contributed by atoms with van der Waals surface area (Å²) in [6, 6.07) is 15.4. The normalized spacial score (nSPS) is 14.5. The molecule has 0 N–H and O–H groups in total. The Labute approximate surface area is 260 Å². The second-order valence-electron chi connectivity index (χ2n) is 9.58. The highest BCUT2D eigenvalue weighted by molar-refractivity contribution is 7.07. The Balaban J connectivity index is 1.54. The van der Waals surface area contributed by atoms with Gasteiger partial charge in [0.15, 0.2) is 16.3 Å². The second kappa shape index (κ2) is 12.7. The molecule has 0 saturated carbocycles. The van der Waals surface area contributed by atoms with Crippen molar-refractivity contribution in [2.75, 3.05) is 21.3 Å². The van der Waals surface area contributed by atoms with Crippen LogP contribution in [0.2, 0.25) is 5.02 Å². The largest absolute Gasteiger partial charge is 0.496 e. The van der Waals surface area contributed by atoms with E-state index in [0.717, 1.165) is 5.56 Å². The molecule has 0 bridgehead atoms. The van der Waals surface area contributed by atoms with Crippen LogP contribution in [0.3, 0.4) is 0 Å². The van der Waals surface area contributed by atoms with Crippen LogP contribution in [0.25, 0.3) is 6.08 Å². The summed E-state index contributed by atoms with van der Waals surface area (Å²) in [6.45, 7) is 1.86. The number of esters is 1. The van der Waals surface area contributed by atoms with E-state index in [-0.39, 0.29) is 23.4 Å². The minimum atomic E-state index is -0.890. The van der Waals surface area contributed by atoms with E-state index in [1.54, 1.807) is 61.5 Å². The summed E-state index contributed by atoms with van der Waals surface area (Å²) >= 11 is 7.51. The minimum Gasteiger partial charge on any atom is -0.496 e. The van der Waals surface area contributed by atoms with E-state index in [9.17, 15) is 19.7 Å².